The quantitative estimate of drug-likeness (QED) is 0.351. The molecule has 178 valence electrons. The van der Waals surface area contributed by atoms with Gasteiger partial charge in [0.25, 0.3) is 5.56 Å². The van der Waals surface area contributed by atoms with E-state index in [1.54, 1.807) is 11.7 Å². The molecule has 3 aromatic heterocycles. The number of methoxy groups -OCH3 is 1. The molecule has 0 atom stereocenters. The monoisotopic (exact) mass is 471 g/mol. The summed E-state index contributed by atoms with van der Waals surface area (Å²) in [6.45, 7) is 2.42. The normalized spacial score (nSPS) is 11.5. The van der Waals surface area contributed by atoms with Gasteiger partial charge in [0.1, 0.15) is 0 Å². The van der Waals surface area contributed by atoms with Gasteiger partial charge >= 0.3 is 5.69 Å². The molecule has 0 bridgehead atoms. The molecule has 5 aromatic rings. The maximum absolute atomic E-state index is 13.6. The fourth-order valence-electron chi connectivity index (χ4n) is 4.50. The van der Waals surface area contributed by atoms with E-state index in [1.807, 2.05) is 61.5 Å². The minimum atomic E-state index is -0.575. The molecule has 2 aromatic carbocycles. The van der Waals surface area contributed by atoms with Crippen molar-refractivity contribution < 1.29 is 9.53 Å². The number of rotatable bonds is 8. The number of H-pyrrole nitrogens is 1. The van der Waals surface area contributed by atoms with Crippen LogP contribution in [0.4, 0.5) is 0 Å². The zero-order chi connectivity index (χ0) is 24.5. The van der Waals surface area contributed by atoms with Crippen LogP contribution in [0.2, 0.25) is 0 Å². The highest BCUT2D eigenvalue weighted by molar-refractivity contribution is 6.09. The topological polar surface area (TPSA) is 104 Å². The third-order valence-corrected chi connectivity index (χ3v) is 6.18. The van der Waals surface area contributed by atoms with E-state index >= 15 is 0 Å². The first-order chi connectivity index (χ1) is 17.0. The summed E-state index contributed by atoms with van der Waals surface area (Å²) in [6.07, 6.45) is 1.53. The molecule has 0 aliphatic heterocycles. The number of aryl methyl sites for hydroxylation is 1. The van der Waals surface area contributed by atoms with Gasteiger partial charge in [0.05, 0.1) is 26.0 Å². The third kappa shape index (κ3) is 4.00. The molecular formula is C26H25N5O4. The van der Waals surface area contributed by atoms with Crippen molar-refractivity contribution >= 4 is 27.9 Å². The van der Waals surface area contributed by atoms with Crippen LogP contribution in [0, 0.1) is 6.92 Å². The standard InChI is InChI=1S/C26H25N5O4/c1-17-22(19-10-6-7-11-20(19)28-17)21(32)15-31-25(33)23-24(27-16-29(23)12-13-35-2)30(26(31)34)14-18-8-4-3-5-9-18/h3-11,16,28H,12-15H2,1-2H3. The number of nitrogens with one attached hydrogen (secondary N) is 1. The molecular weight excluding hydrogens is 446 g/mol. The summed E-state index contributed by atoms with van der Waals surface area (Å²) in [7, 11) is 1.57. The summed E-state index contributed by atoms with van der Waals surface area (Å²) >= 11 is 0. The highest BCUT2D eigenvalue weighted by Gasteiger charge is 2.22. The number of ketones is 1. The van der Waals surface area contributed by atoms with Crippen LogP contribution in [0.15, 0.2) is 70.5 Å². The van der Waals surface area contributed by atoms with Crippen LogP contribution in [0.25, 0.3) is 22.1 Å². The Bertz CT molecular complexity index is 1660. The Morgan fingerprint density at radius 3 is 2.54 bits per heavy atom. The second-order valence-electron chi connectivity index (χ2n) is 8.44. The van der Waals surface area contributed by atoms with Gasteiger partial charge < -0.3 is 14.3 Å². The lowest BCUT2D eigenvalue weighted by Crippen LogP contribution is -2.42. The predicted molar refractivity (Wildman–Crippen MR) is 133 cm³/mol. The number of aromatic amines is 1. The number of carbonyl (C=O) groups excluding carboxylic acids is 1. The minimum Gasteiger partial charge on any atom is -0.383 e. The van der Waals surface area contributed by atoms with Gasteiger partial charge in [-0.25, -0.2) is 9.78 Å². The molecule has 9 nitrogen and oxygen atoms in total. The molecule has 0 radical (unpaired) electrons. The SMILES string of the molecule is COCCn1cnc2c1c(=O)n(CC(=O)c1c(C)[nH]c3ccccc13)c(=O)n2Cc1ccccc1. The van der Waals surface area contributed by atoms with E-state index < -0.39 is 11.2 Å². The number of ether oxygens (including phenoxy) is 1. The van der Waals surface area contributed by atoms with Crippen molar-refractivity contribution in [2.45, 2.75) is 26.6 Å². The number of imidazole rings is 1. The number of hydrogen-bond donors (Lipinski definition) is 1. The first kappa shape index (κ1) is 22.5. The average molecular weight is 472 g/mol. The zero-order valence-corrected chi connectivity index (χ0v) is 19.5. The number of benzene rings is 2. The van der Waals surface area contributed by atoms with Crippen LogP contribution >= 0.6 is 0 Å². The number of fused-ring (bicyclic) bond motifs is 2. The van der Waals surface area contributed by atoms with Gasteiger partial charge in [-0.2, -0.15) is 0 Å². The number of hydrogen-bond acceptors (Lipinski definition) is 5. The second-order valence-corrected chi connectivity index (χ2v) is 8.44. The fourth-order valence-corrected chi connectivity index (χ4v) is 4.50. The first-order valence-electron chi connectivity index (χ1n) is 11.3. The summed E-state index contributed by atoms with van der Waals surface area (Å²) in [5, 5.41) is 0.763. The van der Waals surface area contributed by atoms with E-state index in [0.29, 0.717) is 24.4 Å². The van der Waals surface area contributed by atoms with Gasteiger partial charge in [0.2, 0.25) is 0 Å². The summed E-state index contributed by atoms with van der Waals surface area (Å²) in [4.78, 5) is 48.1. The van der Waals surface area contributed by atoms with Crippen molar-refractivity contribution in [3.8, 4) is 0 Å². The average Bonchev–Trinajstić information content (AvgIpc) is 3.44. The van der Waals surface area contributed by atoms with Crippen molar-refractivity contribution in [1.82, 2.24) is 23.7 Å². The predicted octanol–water partition coefficient (Wildman–Crippen LogP) is 2.73. The van der Waals surface area contributed by atoms with Crippen LogP contribution in [-0.4, -0.2) is 43.2 Å². The van der Waals surface area contributed by atoms with E-state index in [2.05, 4.69) is 9.97 Å². The highest BCUT2D eigenvalue weighted by Crippen LogP contribution is 2.22. The lowest BCUT2D eigenvalue weighted by atomic mass is 10.1. The van der Waals surface area contributed by atoms with Crippen LogP contribution in [0.5, 0.6) is 0 Å². The number of aromatic nitrogens is 5. The molecule has 5 rings (SSSR count). The van der Waals surface area contributed by atoms with Crippen molar-refractivity contribution in [3.63, 3.8) is 0 Å². The van der Waals surface area contributed by atoms with Crippen molar-refractivity contribution in [1.29, 1.82) is 0 Å². The molecule has 0 fully saturated rings. The van der Waals surface area contributed by atoms with E-state index in [0.717, 1.165) is 21.0 Å². The Labute approximate surface area is 200 Å². The Hall–Kier alpha value is -4.24. The number of para-hydroxylation sites is 1. The Morgan fingerprint density at radius 2 is 1.77 bits per heavy atom. The lowest BCUT2D eigenvalue weighted by Gasteiger charge is -2.13. The van der Waals surface area contributed by atoms with E-state index in [-0.39, 0.29) is 30.0 Å². The second kappa shape index (κ2) is 9.19. The van der Waals surface area contributed by atoms with Crippen LogP contribution in [0.1, 0.15) is 21.6 Å². The number of nitrogens with zero attached hydrogens (tertiary/aromatic N) is 4. The number of carbonyl (C=O) groups is 1. The Kier molecular flexibility index (Phi) is 5.92. The van der Waals surface area contributed by atoms with Crippen LogP contribution in [-0.2, 0) is 24.4 Å². The molecule has 35 heavy (non-hydrogen) atoms. The Balaban J connectivity index is 1.66. The largest absolute Gasteiger partial charge is 0.383 e. The fraction of sp³-hybridized carbons (Fsp3) is 0.231. The van der Waals surface area contributed by atoms with Gasteiger partial charge in [-0.05, 0) is 18.6 Å². The molecule has 0 aliphatic rings. The van der Waals surface area contributed by atoms with Crippen molar-refractivity contribution in [2.75, 3.05) is 13.7 Å². The smallest absolute Gasteiger partial charge is 0.333 e. The zero-order valence-electron chi connectivity index (χ0n) is 19.5. The maximum atomic E-state index is 13.6. The van der Waals surface area contributed by atoms with E-state index in [4.69, 9.17) is 4.74 Å². The molecule has 0 spiro atoms. The van der Waals surface area contributed by atoms with Gasteiger partial charge in [0, 0.05) is 35.8 Å². The number of Topliss-reactive ketones (excluding diaryl/α,β-unsaturated/α-hetero) is 1. The van der Waals surface area contributed by atoms with Gasteiger partial charge in [0.15, 0.2) is 16.9 Å². The molecule has 9 heteroatoms. The van der Waals surface area contributed by atoms with Gasteiger partial charge in [-0.1, -0.05) is 48.5 Å². The summed E-state index contributed by atoms with van der Waals surface area (Å²) in [5.41, 5.74) is 2.31. The molecule has 0 aliphatic carbocycles. The first-order valence-corrected chi connectivity index (χ1v) is 11.3. The summed E-state index contributed by atoms with van der Waals surface area (Å²) in [5.74, 6) is -0.312. The van der Waals surface area contributed by atoms with E-state index in [9.17, 15) is 14.4 Å². The highest BCUT2D eigenvalue weighted by atomic mass is 16.5. The lowest BCUT2D eigenvalue weighted by molar-refractivity contribution is 0.0970. The molecule has 0 saturated heterocycles. The van der Waals surface area contributed by atoms with Crippen molar-refractivity contribution in [3.05, 3.63) is 98.6 Å². The van der Waals surface area contributed by atoms with Crippen LogP contribution < -0.4 is 11.2 Å². The van der Waals surface area contributed by atoms with Gasteiger partial charge in [-0.15, -0.1) is 0 Å². The van der Waals surface area contributed by atoms with E-state index in [1.165, 1.54) is 10.9 Å². The van der Waals surface area contributed by atoms with Crippen molar-refractivity contribution in [2.24, 2.45) is 0 Å². The molecule has 3 heterocycles. The maximum Gasteiger partial charge on any atom is 0.333 e. The Morgan fingerprint density at radius 1 is 1.03 bits per heavy atom. The molecule has 0 saturated carbocycles. The van der Waals surface area contributed by atoms with Gasteiger partial charge in [-0.3, -0.25) is 18.7 Å². The molecule has 0 amide bonds. The minimum absolute atomic E-state index is 0.220. The summed E-state index contributed by atoms with van der Waals surface area (Å²) in [6, 6.07) is 16.9. The molecule has 1 N–H and O–H groups in total. The third-order valence-electron chi connectivity index (χ3n) is 6.18. The molecule has 0 unspecified atom stereocenters. The summed E-state index contributed by atoms with van der Waals surface area (Å²) < 4.78 is 9.30. The van der Waals surface area contributed by atoms with Crippen LogP contribution in [0.3, 0.4) is 0 Å².